The van der Waals surface area contributed by atoms with E-state index in [0.717, 1.165) is 17.3 Å². The van der Waals surface area contributed by atoms with Gasteiger partial charge in [-0.25, -0.2) is 8.42 Å². The Morgan fingerprint density at radius 2 is 1.96 bits per heavy atom. The maximum Gasteiger partial charge on any atom is 0.270 e. The highest BCUT2D eigenvalue weighted by atomic mass is 32.2. The molecule has 0 bridgehead atoms. The summed E-state index contributed by atoms with van der Waals surface area (Å²) in [5.41, 5.74) is 0.252. The number of carbonyl (C=O) groups excluding carboxylic acids is 1. The average Bonchev–Trinajstić information content (AvgIpc) is 3.20. The number of para-hydroxylation sites is 1. The first kappa shape index (κ1) is 19.8. The molecule has 2 heterocycles. The second-order valence-corrected chi connectivity index (χ2v) is 9.32. The molecule has 1 aliphatic heterocycles. The van der Waals surface area contributed by atoms with Crippen molar-refractivity contribution in [2.75, 3.05) is 44.8 Å². The number of benzene rings is 1. The molecule has 3 rings (SSSR count). The Kier molecular flexibility index (Phi) is 6.46. The van der Waals surface area contributed by atoms with Crippen LogP contribution in [0.15, 0.2) is 47.5 Å². The van der Waals surface area contributed by atoms with Gasteiger partial charge in [-0.15, -0.1) is 0 Å². The van der Waals surface area contributed by atoms with Crippen molar-refractivity contribution in [3.05, 3.63) is 48.3 Å². The second-order valence-electron chi connectivity index (χ2n) is 6.15. The Bertz CT molecular complexity index is 862. The van der Waals surface area contributed by atoms with Gasteiger partial charge in [-0.1, -0.05) is 18.2 Å². The van der Waals surface area contributed by atoms with E-state index < -0.39 is 10.0 Å². The predicted molar refractivity (Wildman–Crippen MR) is 106 cm³/mol. The Morgan fingerprint density at radius 3 is 2.67 bits per heavy atom. The first-order chi connectivity index (χ1) is 13.0. The normalized spacial score (nSPS) is 15.4. The van der Waals surface area contributed by atoms with Crippen LogP contribution in [-0.4, -0.2) is 73.3 Å². The van der Waals surface area contributed by atoms with Gasteiger partial charge in [0.2, 0.25) is 10.0 Å². The quantitative estimate of drug-likeness (QED) is 0.755. The van der Waals surface area contributed by atoms with E-state index in [2.05, 4.69) is 4.98 Å². The van der Waals surface area contributed by atoms with Gasteiger partial charge >= 0.3 is 0 Å². The summed E-state index contributed by atoms with van der Waals surface area (Å²) in [6.45, 7) is 1.73. The van der Waals surface area contributed by atoms with E-state index in [9.17, 15) is 13.2 Å². The number of ether oxygens (including phenoxy) is 1. The molecule has 1 aliphatic rings. The van der Waals surface area contributed by atoms with E-state index in [1.165, 1.54) is 21.5 Å². The van der Waals surface area contributed by atoms with Crippen LogP contribution in [0, 0.1) is 0 Å². The summed E-state index contributed by atoms with van der Waals surface area (Å²) in [6, 6.07) is 10.8. The molecule has 0 unspecified atom stereocenters. The molecule has 1 N–H and O–H groups in total. The number of thioether (sulfide) groups is 1. The van der Waals surface area contributed by atoms with E-state index in [1.807, 2.05) is 30.3 Å². The lowest BCUT2D eigenvalue weighted by Gasteiger charge is -2.24. The number of aromatic amines is 1. The standard InChI is InChI=1S/C18H23N3O4S2/c1-20(7-10-25-15-5-3-2-4-6-15)18(22)17-13-16(14-19-17)27(23,24)21-8-11-26-12-9-21/h2-6,13-14,19H,7-12H2,1H3. The fourth-order valence-corrected chi connectivity index (χ4v) is 5.28. The van der Waals surface area contributed by atoms with Gasteiger partial charge in [0.1, 0.15) is 22.9 Å². The highest BCUT2D eigenvalue weighted by molar-refractivity contribution is 7.99. The monoisotopic (exact) mass is 409 g/mol. The third kappa shape index (κ3) is 4.85. The molecule has 7 nitrogen and oxygen atoms in total. The smallest absolute Gasteiger partial charge is 0.270 e. The molecule has 2 aromatic rings. The molecule has 1 amide bonds. The number of sulfonamides is 1. The van der Waals surface area contributed by atoms with Gasteiger partial charge in [-0.05, 0) is 18.2 Å². The van der Waals surface area contributed by atoms with Gasteiger partial charge < -0.3 is 14.6 Å². The van der Waals surface area contributed by atoms with Crippen molar-refractivity contribution in [1.29, 1.82) is 0 Å². The molecule has 0 atom stereocenters. The van der Waals surface area contributed by atoms with Crippen molar-refractivity contribution in [2.45, 2.75) is 4.90 Å². The lowest BCUT2D eigenvalue weighted by Crippen LogP contribution is -2.37. The van der Waals surface area contributed by atoms with Gasteiger partial charge in [-0.2, -0.15) is 16.1 Å². The summed E-state index contributed by atoms with van der Waals surface area (Å²) in [5.74, 6) is 2.05. The number of hydrogen-bond donors (Lipinski definition) is 1. The van der Waals surface area contributed by atoms with E-state index in [1.54, 1.807) is 18.8 Å². The molecule has 1 aromatic carbocycles. The summed E-state index contributed by atoms with van der Waals surface area (Å²) in [7, 11) is -1.90. The number of rotatable bonds is 7. The van der Waals surface area contributed by atoms with Crippen molar-refractivity contribution in [3.8, 4) is 5.75 Å². The summed E-state index contributed by atoms with van der Waals surface area (Å²) in [5, 5.41) is 0. The van der Waals surface area contributed by atoms with Crippen LogP contribution in [0.2, 0.25) is 0 Å². The zero-order valence-corrected chi connectivity index (χ0v) is 16.8. The van der Waals surface area contributed by atoms with E-state index in [0.29, 0.717) is 26.2 Å². The molecule has 0 spiro atoms. The Hall–Kier alpha value is -1.97. The number of hydrogen-bond acceptors (Lipinski definition) is 5. The van der Waals surface area contributed by atoms with Gasteiger partial charge in [0.05, 0.1) is 6.54 Å². The topological polar surface area (TPSA) is 82.7 Å². The number of amides is 1. The molecule has 146 valence electrons. The number of aromatic nitrogens is 1. The minimum absolute atomic E-state index is 0.131. The van der Waals surface area contributed by atoms with Crippen LogP contribution in [-0.2, 0) is 10.0 Å². The van der Waals surface area contributed by atoms with E-state index in [-0.39, 0.29) is 16.5 Å². The first-order valence-electron chi connectivity index (χ1n) is 8.68. The second kappa shape index (κ2) is 8.81. The number of likely N-dealkylation sites (N-methyl/N-ethyl adjacent to an activating group) is 1. The van der Waals surface area contributed by atoms with Crippen LogP contribution < -0.4 is 4.74 Å². The summed E-state index contributed by atoms with van der Waals surface area (Å²) in [4.78, 5) is 17.0. The van der Waals surface area contributed by atoms with Crippen LogP contribution >= 0.6 is 11.8 Å². The summed E-state index contributed by atoms with van der Waals surface area (Å²) < 4.78 is 32.4. The maximum atomic E-state index is 12.7. The van der Waals surface area contributed by atoms with Crippen LogP contribution in [0.4, 0.5) is 0 Å². The van der Waals surface area contributed by atoms with Crippen molar-refractivity contribution < 1.29 is 17.9 Å². The minimum atomic E-state index is -3.56. The number of nitrogens with zero attached hydrogens (tertiary/aromatic N) is 2. The Labute approximate surface area is 163 Å². The number of H-pyrrole nitrogens is 1. The number of nitrogens with one attached hydrogen (secondary N) is 1. The summed E-state index contributed by atoms with van der Waals surface area (Å²) >= 11 is 1.74. The largest absolute Gasteiger partial charge is 0.492 e. The minimum Gasteiger partial charge on any atom is -0.492 e. The number of carbonyl (C=O) groups is 1. The van der Waals surface area contributed by atoms with E-state index >= 15 is 0 Å². The molecule has 9 heteroatoms. The molecule has 1 fully saturated rings. The fraction of sp³-hybridized carbons (Fsp3) is 0.389. The third-order valence-corrected chi connectivity index (χ3v) is 7.10. The van der Waals surface area contributed by atoms with Gasteiger partial charge in [0.25, 0.3) is 5.91 Å². The first-order valence-corrected chi connectivity index (χ1v) is 11.3. The van der Waals surface area contributed by atoms with Crippen LogP contribution in [0.25, 0.3) is 0 Å². The Balaban J connectivity index is 1.58. The van der Waals surface area contributed by atoms with Crippen molar-refractivity contribution in [2.24, 2.45) is 0 Å². The van der Waals surface area contributed by atoms with Crippen LogP contribution in [0.1, 0.15) is 10.5 Å². The molecule has 0 radical (unpaired) electrons. The zero-order valence-electron chi connectivity index (χ0n) is 15.1. The van der Waals surface area contributed by atoms with Crippen molar-refractivity contribution in [3.63, 3.8) is 0 Å². The predicted octanol–water partition coefficient (Wildman–Crippen LogP) is 1.90. The van der Waals surface area contributed by atoms with Gasteiger partial charge in [-0.3, -0.25) is 4.79 Å². The fourth-order valence-electron chi connectivity index (χ4n) is 2.71. The van der Waals surface area contributed by atoms with Crippen molar-refractivity contribution >= 4 is 27.7 Å². The van der Waals surface area contributed by atoms with Gasteiger partial charge in [0.15, 0.2) is 0 Å². The SMILES string of the molecule is CN(CCOc1ccccc1)C(=O)c1cc(S(=O)(=O)N2CCSCC2)c[nH]1. The molecule has 27 heavy (non-hydrogen) atoms. The molecule has 0 saturated carbocycles. The van der Waals surface area contributed by atoms with Gasteiger partial charge in [0, 0.05) is 37.8 Å². The zero-order chi connectivity index (χ0) is 19.3. The molecule has 1 saturated heterocycles. The molecular formula is C18H23N3O4S2. The highest BCUT2D eigenvalue weighted by Gasteiger charge is 2.28. The van der Waals surface area contributed by atoms with Crippen LogP contribution in [0.3, 0.4) is 0 Å². The lowest BCUT2D eigenvalue weighted by atomic mass is 10.3. The molecule has 1 aromatic heterocycles. The van der Waals surface area contributed by atoms with Crippen molar-refractivity contribution in [1.82, 2.24) is 14.2 Å². The third-order valence-electron chi connectivity index (χ3n) is 4.28. The average molecular weight is 410 g/mol. The lowest BCUT2D eigenvalue weighted by molar-refractivity contribution is 0.0768. The summed E-state index contributed by atoms with van der Waals surface area (Å²) in [6.07, 6.45) is 1.39. The Morgan fingerprint density at radius 1 is 1.26 bits per heavy atom. The highest BCUT2D eigenvalue weighted by Crippen LogP contribution is 2.21. The van der Waals surface area contributed by atoms with Crippen LogP contribution in [0.5, 0.6) is 5.75 Å². The molecule has 0 aliphatic carbocycles. The maximum absolute atomic E-state index is 12.7. The van der Waals surface area contributed by atoms with E-state index in [4.69, 9.17) is 4.74 Å². The molecular weight excluding hydrogens is 386 g/mol.